The van der Waals surface area contributed by atoms with Gasteiger partial charge in [-0.1, -0.05) is 32.9 Å². The molecule has 4 N–H and O–H groups in total. The summed E-state index contributed by atoms with van der Waals surface area (Å²) < 4.78 is 0. The average molecular weight is 331 g/mol. The van der Waals surface area contributed by atoms with Crippen molar-refractivity contribution < 1.29 is 9.59 Å². The van der Waals surface area contributed by atoms with Crippen molar-refractivity contribution >= 4 is 11.8 Å². The first kappa shape index (κ1) is 18.5. The number of carbonyl (C=O) groups is 2. The van der Waals surface area contributed by atoms with E-state index in [1.165, 1.54) is 0 Å². The van der Waals surface area contributed by atoms with E-state index in [0.717, 1.165) is 18.4 Å². The Balaban J connectivity index is 1.94. The van der Waals surface area contributed by atoms with Crippen LogP contribution in [0.1, 0.15) is 56.5 Å². The maximum absolute atomic E-state index is 12.4. The minimum atomic E-state index is -0.407. The van der Waals surface area contributed by atoms with Gasteiger partial charge in [0.15, 0.2) is 0 Å². The molecule has 0 aliphatic heterocycles. The third kappa shape index (κ3) is 4.57. The molecule has 0 aromatic heterocycles. The molecule has 1 aliphatic rings. The number of hydrogen-bond donors (Lipinski definition) is 3. The summed E-state index contributed by atoms with van der Waals surface area (Å²) in [6, 6.07) is 7.32. The quantitative estimate of drug-likeness (QED) is 0.747. The van der Waals surface area contributed by atoms with Gasteiger partial charge in [-0.25, -0.2) is 0 Å². The van der Waals surface area contributed by atoms with Gasteiger partial charge in [-0.2, -0.15) is 0 Å². The van der Waals surface area contributed by atoms with Crippen LogP contribution in [0.3, 0.4) is 0 Å². The van der Waals surface area contributed by atoms with Crippen LogP contribution in [0.2, 0.25) is 0 Å². The second-order valence-electron chi connectivity index (χ2n) is 7.98. The molecule has 0 heterocycles. The van der Waals surface area contributed by atoms with E-state index in [9.17, 15) is 9.59 Å². The van der Waals surface area contributed by atoms with Gasteiger partial charge < -0.3 is 16.4 Å². The van der Waals surface area contributed by atoms with Gasteiger partial charge in [-0.15, -0.1) is 0 Å². The van der Waals surface area contributed by atoms with Crippen LogP contribution in [-0.4, -0.2) is 23.9 Å². The lowest BCUT2D eigenvalue weighted by atomic mass is 9.95. The zero-order valence-electron chi connectivity index (χ0n) is 15.1. The van der Waals surface area contributed by atoms with E-state index in [4.69, 9.17) is 5.73 Å². The van der Waals surface area contributed by atoms with Crippen molar-refractivity contribution in [2.24, 2.45) is 17.1 Å². The van der Waals surface area contributed by atoms with Crippen LogP contribution in [0, 0.1) is 11.3 Å². The van der Waals surface area contributed by atoms with Gasteiger partial charge in [0.2, 0.25) is 5.91 Å². The van der Waals surface area contributed by atoms with E-state index in [0.29, 0.717) is 24.6 Å². The van der Waals surface area contributed by atoms with Crippen molar-refractivity contribution in [3.63, 3.8) is 0 Å². The van der Waals surface area contributed by atoms with E-state index in [1.807, 2.05) is 39.8 Å². The molecule has 5 heteroatoms. The van der Waals surface area contributed by atoms with Crippen molar-refractivity contribution in [3.8, 4) is 0 Å². The Morgan fingerprint density at radius 3 is 2.17 bits per heavy atom. The van der Waals surface area contributed by atoms with Crippen molar-refractivity contribution in [1.82, 2.24) is 10.6 Å². The molecule has 5 nitrogen and oxygen atoms in total. The van der Waals surface area contributed by atoms with E-state index in [2.05, 4.69) is 10.6 Å². The highest BCUT2D eigenvalue weighted by Crippen LogP contribution is 2.39. The molecule has 132 valence electrons. The molecule has 2 amide bonds. The third-order valence-electron chi connectivity index (χ3n) is 4.65. The summed E-state index contributed by atoms with van der Waals surface area (Å²) in [5, 5.41) is 5.98. The fraction of sp³-hybridized carbons (Fsp3) is 0.579. The Hall–Kier alpha value is -1.88. The zero-order chi connectivity index (χ0) is 18.0. The highest BCUT2D eigenvalue weighted by atomic mass is 16.2. The van der Waals surface area contributed by atoms with Gasteiger partial charge in [-0.3, -0.25) is 9.59 Å². The first-order chi connectivity index (χ1) is 11.2. The summed E-state index contributed by atoms with van der Waals surface area (Å²) in [6.07, 6.45) is 2.25. The largest absolute Gasteiger partial charge is 0.352 e. The summed E-state index contributed by atoms with van der Waals surface area (Å²) in [4.78, 5) is 24.3. The van der Waals surface area contributed by atoms with Crippen LogP contribution in [0.15, 0.2) is 24.3 Å². The molecule has 0 radical (unpaired) electrons. The first-order valence-corrected chi connectivity index (χ1v) is 8.55. The zero-order valence-corrected chi connectivity index (χ0v) is 15.1. The number of amides is 2. The molecule has 1 saturated carbocycles. The number of carbonyl (C=O) groups excluding carboxylic acids is 2. The molecular formula is C19H29N3O2. The van der Waals surface area contributed by atoms with E-state index in [1.54, 1.807) is 12.1 Å². The number of benzene rings is 1. The minimum Gasteiger partial charge on any atom is -0.352 e. The molecule has 1 atom stereocenters. The maximum Gasteiger partial charge on any atom is 0.251 e. The van der Waals surface area contributed by atoms with Crippen LogP contribution >= 0.6 is 0 Å². The molecule has 1 fully saturated rings. The van der Waals surface area contributed by atoms with Crippen molar-refractivity contribution in [1.29, 1.82) is 0 Å². The van der Waals surface area contributed by atoms with Crippen molar-refractivity contribution in [2.45, 2.75) is 52.6 Å². The van der Waals surface area contributed by atoms with E-state index < -0.39 is 5.41 Å². The molecule has 1 aromatic rings. The lowest BCUT2D eigenvalue weighted by Crippen LogP contribution is -2.53. The molecule has 1 aromatic carbocycles. The molecular weight excluding hydrogens is 302 g/mol. The fourth-order valence-electron chi connectivity index (χ4n) is 2.59. The fourth-order valence-corrected chi connectivity index (χ4v) is 2.59. The van der Waals surface area contributed by atoms with E-state index in [-0.39, 0.29) is 17.4 Å². The van der Waals surface area contributed by atoms with Gasteiger partial charge >= 0.3 is 0 Å². The number of rotatable bonds is 6. The summed E-state index contributed by atoms with van der Waals surface area (Å²) >= 11 is 0. The summed E-state index contributed by atoms with van der Waals surface area (Å²) in [5.74, 6) is 0.394. The average Bonchev–Trinajstić information content (AvgIpc) is 3.37. The van der Waals surface area contributed by atoms with Gasteiger partial charge in [-0.05, 0) is 43.4 Å². The Morgan fingerprint density at radius 1 is 1.12 bits per heavy atom. The first-order valence-electron chi connectivity index (χ1n) is 8.55. The van der Waals surface area contributed by atoms with Gasteiger partial charge in [0.25, 0.3) is 5.91 Å². The molecule has 0 spiro atoms. The lowest BCUT2D eigenvalue weighted by Gasteiger charge is -2.29. The molecule has 0 saturated heterocycles. The van der Waals surface area contributed by atoms with Crippen LogP contribution in [0.25, 0.3) is 0 Å². The molecule has 24 heavy (non-hydrogen) atoms. The maximum atomic E-state index is 12.4. The second kappa shape index (κ2) is 6.93. The van der Waals surface area contributed by atoms with E-state index >= 15 is 0 Å². The Labute approximate surface area is 144 Å². The molecule has 2 rings (SSSR count). The standard InChI is InChI=1S/C19H29N3O2/c1-18(2,3)17(24)21-11-13-5-7-14(8-6-13)16(23)22-19(4,12-20)15-9-10-15/h5-8,15H,9-12,20H2,1-4H3,(H,21,24)(H,22,23). The Morgan fingerprint density at radius 2 is 1.71 bits per heavy atom. The SMILES string of the molecule is CC(C)(C)C(=O)NCc1ccc(C(=O)NC(C)(CN)C2CC2)cc1. The van der Waals surface area contributed by atoms with Gasteiger partial charge in [0.05, 0.1) is 5.54 Å². The van der Waals surface area contributed by atoms with Crippen LogP contribution in [0.4, 0.5) is 0 Å². The number of nitrogens with one attached hydrogen (secondary N) is 2. The van der Waals surface area contributed by atoms with Crippen LogP contribution in [-0.2, 0) is 11.3 Å². The summed E-state index contributed by atoms with van der Waals surface area (Å²) in [5.41, 5.74) is 6.69. The van der Waals surface area contributed by atoms with Gasteiger partial charge in [0, 0.05) is 24.1 Å². The molecule has 0 bridgehead atoms. The summed E-state index contributed by atoms with van der Waals surface area (Å²) in [7, 11) is 0. The molecule has 1 unspecified atom stereocenters. The third-order valence-corrected chi connectivity index (χ3v) is 4.65. The lowest BCUT2D eigenvalue weighted by molar-refractivity contribution is -0.128. The Bertz CT molecular complexity index is 600. The van der Waals surface area contributed by atoms with Crippen LogP contribution < -0.4 is 16.4 Å². The summed E-state index contributed by atoms with van der Waals surface area (Å²) in [6.45, 7) is 8.55. The Kier molecular flexibility index (Phi) is 5.33. The highest BCUT2D eigenvalue weighted by molar-refractivity contribution is 5.94. The topological polar surface area (TPSA) is 84.2 Å². The normalized spacial score (nSPS) is 17.0. The van der Waals surface area contributed by atoms with Crippen molar-refractivity contribution in [3.05, 3.63) is 35.4 Å². The van der Waals surface area contributed by atoms with Crippen LogP contribution in [0.5, 0.6) is 0 Å². The second-order valence-corrected chi connectivity index (χ2v) is 7.98. The molecule has 1 aliphatic carbocycles. The highest BCUT2D eigenvalue weighted by Gasteiger charge is 2.41. The number of nitrogens with two attached hydrogens (primary N) is 1. The predicted octanol–water partition coefficient (Wildman–Crippen LogP) is 2.21. The minimum absolute atomic E-state index is 0.00691. The van der Waals surface area contributed by atoms with Gasteiger partial charge in [0.1, 0.15) is 0 Å². The predicted molar refractivity (Wildman–Crippen MR) is 95.4 cm³/mol. The monoisotopic (exact) mass is 331 g/mol. The smallest absolute Gasteiger partial charge is 0.251 e. The number of hydrogen-bond acceptors (Lipinski definition) is 3. The van der Waals surface area contributed by atoms with Crippen molar-refractivity contribution in [2.75, 3.05) is 6.54 Å².